The summed E-state index contributed by atoms with van der Waals surface area (Å²) in [5.74, 6) is -0.124. The largest absolute Gasteiger partial charge is 0.417 e. The first kappa shape index (κ1) is 24.2. The zero-order valence-corrected chi connectivity index (χ0v) is 19.4. The van der Waals surface area contributed by atoms with E-state index in [-0.39, 0.29) is 23.0 Å². The van der Waals surface area contributed by atoms with Gasteiger partial charge in [-0.05, 0) is 55.3 Å². The number of nitrogens with zero attached hydrogens (tertiary/aromatic N) is 2. The van der Waals surface area contributed by atoms with Crippen molar-refractivity contribution in [3.63, 3.8) is 0 Å². The molecule has 1 aromatic heterocycles. The first-order valence-corrected chi connectivity index (χ1v) is 10.9. The number of hydrogen-bond donors (Lipinski definition) is 2. The molecule has 0 unspecified atom stereocenters. The molecule has 0 saturated heterocycles. The SMILES string of the molecule is CC(=O)Nc1cccc(-c2cccc(-n3cc(C(C)(C)O)nc3-c3ccccc3C(F)(F)F)c2)c1. The van der Waals surface area contributed by atoms with Gasteiger partial charge in [-0.3, -0.25) is 9.36 Å². The standard InChI is InChI=1S/C27H24F3N3O2/c1-17(34)31-20-10-6-8-18(14-20)19-9-7-11-21(15-19)33-16-24(26(2,3)35)32-25(33)22-12-4-5-13-23(22)27(28,29)30/h4-16,35H,1-3H3,(H,31,34). The van der Waals surface area contributed by atoms with E-state index in [2.05, 4.69) is 10.3 Å². The smallest absolute Gasteiger partial charge is 0.384 e. The normalized spacial score (nSPS) is 12.0. The van der Waals surface area contributed by atoms with E-state index in [4.69, 9.17) is 0 Å². The van der Waals surface area contributed by atoms with Crippen molar-refractivity contribution in [2.75, 3.05) is 5.32 Å². The molecule has 3 aromatic carbocycles. The molecule has 0 spiro atoms. The minimum atomic E-state index is -4.58. The fraction of sp³-hybridized carbons (Fsp3) is 0.185. The third-order valence-electron chi connectivity index (χ3n) is 5.45. The average Bonchev–Trinajstić information content (AvgIpc) is 3.24. The van der Waals surface area contributed by atoms with Gasteiger partial charge in [0, 0.05) is 30.1 Å². The van der Waals surface area contributed by atoms with Crippen LogP contribution in [0.1, 0.15) is 32.0 Å². The number of amides is 1. The molecular weight excluding hydrogens is 455 g/mol. The van der Waals surface area contributed by atoms with Crippen molar-refractivity contribution < 1.29 is 23.1 Å². The maximum atomic E-state index is 13.8. The lowest BCUT2D eigenvalue weighted by Gasteiger charge is -2.15. The van der Waals surface area contributed by atoms with Gasteiger partial charge in [-0.15, -0.1) is 0 Å². The molecule has 4 aromatic rings. The summed E-state index contributed by atoms with van der Waals surface area (Å²) in [6, 6.07) is 19.8. The number of hydrogen-bond acceptors (Lipinski definition) is 3. The van der Waals surface area contributed by atoms with Gasteiger partial charge in [0.05, 0.1) is 11.3 Å². The number of benzene rings is 3. The topological polar surface area (TPSA) is 67.2 Å². The molecule has 0 radical (unpaired) electrons. The van der Waals surface area contributed by atoms with Crippen molar-refractivity contribution in [1.29, 1.82) is 0 Å². The van der Waals surface area contributed by atoms with Crippen LogP contribution in [0.2, 0.25) is 0 Å². The summed E-state index contributed by atoms with van der Waals surface area (Å²) in [6.07, 6.45) is -3.02. The van der Waals surface area contributed by atoms with Gasteiger partial charge >= 0.3 is 6.18 Å². The molecule has 0 fully saturated rings. The molecule has 1 amide bonds. The van der Waals surface area contributed by atoms with Crippen molar-refractivity contribution in [2.45, 2.75) is 32.5 Å². The monoisotopic (exact) mass is 479 g/mol. The molecule has 180 valence electrons. The second kappa shape index (κ2) is 9.03. The molecule has 5 nitrogen and oxygen atoms in total. The van der Waals surface area contributed by atoms with E-state index in [1.807, 2.05) is 30.3 Å². The molecule has 0 aliphatic carbocycles. The number of alkyl halides is 3. The summed E-state index contributed by atoms with van der Waals surface area (Å²) < 4.78 is 43.0. The minimum Gasteiger partial charge on any atom is -0.384 e. The van der Waals surface area contributed by atoms with E-state index in [0.29, 0.717) is 11.4 Å². The molecule has 4 rings (SSSR count). The highest BCUT2D eigenvalue weighted by atomic mass is 19.4. The van der Waals surface area contributed by atoms with Crippen LogP contribution in [0.25, 0.3) is 28.2 Å². The zero-order valence-electron chi connectivity index (χ0n) is 19.4. The summed E-state index contributed by atoms with van der Waals surface area (Å²) in [4.78, 5) is 15.8. The third kappa shape index (κ3) is 5.27. The number of nitrogens with one attached hydrogen (secondary N) is 1. The number of halogens is 3. The molecule has 8 heteroatoms. The Labute approximate surface area is 200 Å². The van der Waals surface area contributed by atoms with Gasteiger partial charge in [0.2, 0.25) is 5.91 Å². The Balaban J connectivity index is 1.88. The van der Waals surface area contributed by atoms with E-state index in [0.717, 1.165) is 17.2 Å². The number of carbonyl (C=O) groups is 1. The average molecular weight is 480 g/mol. The third-order valence-corrected chi connectivity index (χ3v) is 5.45. The second-order valence-corrected chi connectivity index (χ2v) is 8.73. The molecular formula is C27H24F3N3O2. The maximum Gasteiger partial charge on any atom is 0.417 e. The van der Waals surface area contributed by atoms with Crippen molar-refractivity contribution in [1.82, 2.24) is 9.55 Å². The van der Waals surface area contributed by atoms with Crippen molar-refractivity contribution >= 4 is 11.6 Å². The van der Waals surface area contributed by atoms with E-state index < -0.39 is 17.3 Å². The second-order valence-electron chi connectivity index (χ2n) is 8.73. The number of rotatable bonds is 5. The van der Waals surface area contributed by atoms with Crippen molar-refractivity contribution in [3.05, 3.63) is 90.3 Å². The fourth-order valence-corrected chi connectivity index (χ4v) is 3.80. The van der Waals surface area contributed by atoms with Gasteiger partial charge in [-0.1, -0.05) is 42.5 Å². The Hall–Kier alpha value is -3.91. The first-order chi connectivity index (χ1) is 16.4. The van der Waals surface area contributed by atoms with Gasteiger partial charge in [0.15, 0.2) is 0 Å². The molecule has 1 heterocycles. The van der Waals surface area contributed by atoms with Gasteiger partial charge in [0.25, 0.3) is 0 Å². The Bertz CT molecular complexity index is 1380. The van der Waals surface area contributed by atoms with Crippen LogP contribution in [0.4, 0.5) is 18.9 Å². The highest BCUT2D eigenvalue weighted by Crippen LogP contribution is 2.38. The highest BCUT2D eigenvalue weighted by Gasteiger charge is 2.35. The number of carbonyl (C=O) groups excluding carboxylic acids is 1. The van der Waals surface area contributed by atoms with Crippen molar-refractivity contribution in [3.8, 4) is 28.2 Å². The van der Waals surface area contributed by atoms with Crippen LogP contribution in [-0.2, 0) is 16.6 Å². The predicted octanol–water partition coefficient (Wildman–Crippen LogP) is 6.41. The Morgan fingerprint density at radius 3 is 2.26 bits per heavy atom. The minimum absolute atomic E-state index is 0.0687. The quantitative estimate of drug-likeness (QED) is 0.348. The van der Waals surface area contributed by atoms with Crippen LogP contribution in [0.3, 0.4) is 0 Å². The van der Waals surface area contributed by atoms with E-state index in [1.54, 1.807) is 29.0 Å². The number of aliphatic hydroxyl groups is 1. The summed E-state index contributed by atoms with van der Waals surface area (Å²) in [6.45, 7) is 4.49. The Kier molecular flexibility index (Phi) is 6.25. The van der Waals surface area contributed by atoms with Crippen LogP contribution in [0, 0.1) is 0 Å². The summed E-state index contributed by atoms with van der Waals surface area (Å²) >= 11 is 0. The first-order valence-electron chi connectivity index (χ1n) is 10.9. The van der Waals surface area contributed by atoms with Crippen LogP contribution >= 0.6 is 0 Å². The molecule has 2 N–H and O–H groups in total. The highest BCUT2D eigenvalue weighted by molar-refractivity contribution is 5.89. The summed E-state index contributed by atoms with van der Waals surface area (Å²) in [5, 5.41) is 13.3. The molecule has 0 aliphatic rings. The van der Waals surface area contributed by atoms with Gasteiger partial charge in [-0.25, -0.2) is 4.98 Å². The molecule has 0 saturated carbocycles. The fourth-order valence-electron chi connectivity index (χ4n) is 3.80. The van der Waals surface area contributed by atoms with Crippen LogP contribution < -0.4 is 5.32 Å². The van der Waals surface area contributed by atoms with Gasteiger partial charge in [-0.2, -0.15) is 13.2 Å². The van der Waals surface area contributed by atoms with E-state index in [9.17, 15) is 23.1 Å². The summed E-state index contributed by atoms with van der Waals surface area (Å²) in [5.41, 5.74) is 0.790. The number of anilines is 1. The lowest BCUT2D eigenvalue weighted by molar-refractivity contribution is -0.137. The van der Waals surface area contributed by atoms with Gasteiger partial charge in [0.1, 0.15) is 11.4 Å². The predicted molar refractivity (Wildman–Crippen MR) is 129 cm³/mol. The Morgan fingerprint density at radius 1 is 0.943 bits per heavy atom. The molecule has 35 heavy (non-hydrogen) atoms. The summed E-state index contributed by atoms with van der Waals surface area (Å²) in [7, 11) is 0. The number of imidazole rings is 1. The van der Waals surface area contributed by atoms with Crippen LogP contribution in [0.15, 0.2) is 79.0 Å². The molecule has 0 bridgehead atoms. The number of aromatic nitrogens is 2. The Morgan fingerprint density at radius 2 is 1.60 bits per heavy atom. The maximum absolute atomic E-state index is 13.8. The zero-order chi connectivity index (χ0) is 25.4. The van der Waals surface area contributed by atoms with E-state index in [1.165, 1.54) is 39.0 Å². The molecule has 0 aliphatic heterocycles. The van der Waals surface area contributed by atoms with Crippen LogP contribution in [-0.4, -0.2) is 20.6 Å². The van der Waals surface area contributed by atoms with Crippen molar-refractivity contribution in [2.24, 2.45) is 0 Å². The van der Waals surface area contributed by atoms with Crippen LogP contribution in [0.5, 0.6) is 0 Å². The lowest BCUT2D eigenvalue weighted by Crippen LogP contribution is -2.15. The molecule has 0 atom stereocenters. The van der Waals surface area contributed by atoms with Gasteiger partial charge < -0.3 is 10.4 Å². The van der Waals surface area contributed by atoms with E-state index >= 15 is 0 Å². The lowest BCUT2D eigenvalue weighted by atomic mass is 10.0.